The van der Waals surface area contributed by atoms with Crippen LogP contribution >= 0.6 is 15.9 Å². The number of benzene rings is 3. The van der Waals surface area contributed by atoms with E-state index in [-0.39, 0.29) is 24.7 Å². The third-order valence-corrected chi connectivity index (χ3v) is 4.48. The van der Waals surface area contributed by atoms with Crippen molar-refractivity contribution in [3.8, 4) is 11.5 Å². The fourth-order valence-corrected chi connectivity index (χ4v) is 2.77. The lowest BCUT2D eigenvalue weighted by Crippen LogP contribution is -2.20. The maximum atomic E-state index is 11.9. The zero-order chi connectivity index (χ0) is 21.2. The molecule has 0 aliphatic heterocycles. The number of anilines is 1. The van der Waals surface area contributed by atoms with Crippen LogP contribution in [0.25, 0.3) is 0 Å². The van der Waals surface area contributed by atoms with Crippen LogP contribution in [0.1, 0.15) is 18.4 Å². The van der Waals surface area contributed by atoms with Crippen LogP contribution in [0.3, 0.4) is 0 Å². The number of carbonyl (C=O) groups excluding carboxylic acids is 2. The molecule has 7 heteroatoms. The zero-order valence-corrected chi connectivity index (χ0v) is 17.6. The number of nitrogens with one attached hydrogen (secondary N) is 2. The molecule has 0 bridgehead atoms. The molecular weight excluding hydrogens is 446 g/mol. The summed E-state index contributed by atoms with van der Waals surface area (Å²) in [7, 11) is 0. The van der Waals surface area contributed by atoms with Crippen LogP contribution in [0.5, 0.6) is 11.5 Å². The Bertz CT molecular complexity index is 1020. The Kier molecular flexibility index (Phi) is 7.74. The summed E-state index contributed by atoms with van der Waals surface area (Å²) in [5.41, 5.74) is 3.89. The number of hydrogen-bond donors (Lipinski definition) is 2. The number of hydrogen-bond acceptors (Lipinski definition) is 4. The summed E-state index contributed by atoms with van der Waals surface area (Å²) < 4.78 is 6.70. The van der Waals surface area contributed by atoms with Crippen molar-refractivity contribution in [1.82, 2.24) is 5.43 Å². The van der Waals surface area contributed by atoms with Crippen molar-refractivity contribution in [3.05, 3.63) is 88.9 Å². The average Bonchev–Trinajstić information content (AvgIpc) is 2.75. The topological polar surface area (TPSA) is 79.8 Å². The summed E-state index contributed by atoms with van der Waals surface area (Å²) in [4.78, 5) is 23.8. The van der Waals surface area contributed by atoms with Gasteiger partial charge in [0.05, 0.1) is 6.21 Å². The van der Waals surface area contributed by atoms with Gasteiger partial charge in [-0.3, -0.25) is 9.59 Å². The van der Waals surface area contributed by atoms with E-state index in [9.17, 15) is 9.59 Å². The SMILES string of the molecule is O=C(CCC(=O)Nc1ccc(Br)cc1)N/N=C\c1cccc(Oc2ccccc2)c1. The monoisotopic (exact) mass is 465 g/mol. The van der Waals surface area contributed by atoms with Crippen LogP contribution in [0, 0.1) is 0 Å². The Hall–Kier alpha value is -3.45. The Labute approximate surface area is 183 Å². The number of halogens is 1. The molecule has 3 aromatic rings. The number of ether oxygens (including phenoxy) is 1. The van der Waals surface area contributed by atoms with Gasteiger partial charge in [-0.15, -0.1) is 0 Å². The van der Waals surface area contributed by atoms with Crippen LogP contribution in [0.4, 0.5) is 5.69 Å². The number of amides is 2. The van der Waals surface area contributed by atoms with Gasteiger partial charge in [-0.1, -0.05) is 46.3 Å². The predicted octanol–water partition coefficient (Wildman–Crippen LogP) is 5.11. The summed E-state index contributed by atoms with van der Waals surface area (Å²) in [5.74, 6) is 0.832. The molecule has 3 rings (SSSR count). The molecule has 0 saturated carbocycles. The smallest absolute Gasteiger partial charge is 0.240 e. The highest BCUT2D eigenvalue weighted by Gasteiger charge is 2.07. The van der Waals surface area contributed by atoms with Gasteiger partial charge in [-0.05, 0) is 54.1 Å². The molecule has 0 aliphatic carbocycles. The summed E-state index contributed by atoms with van der Waals surface area (Å²) in [6.45, 7) is 0. The van der Waals surface area contributed by atoms with Crippen molar-refractivity contribution < 1.29 is 14.3 Å². The van der Waals surface area contributed by atoms with Gasteiger partial charge in [0, 0.05) is 23.0 Å². The molecule has 0 saturated heterocycles. The number of rotatable bonds is 8. The van der Waals surface area contributed by atoms with Gasteiger partial charge in [0.25, 0.3) is 0 Å². The lowest BCUT2D eigenvalue weighted by atomic mass is 10.2. The minimum absolute atomic E-state index is 0.0386. The summed E-state index contributed by atoms with van der Waals surface area (Å²) in [6.07, 6.45) is 1.63. The van der Waals surface area contributed by atoms with Gasteiger partial charge in [0.2, 0.25) is 11.8 Å². The molecule has 0 heterocycles. The minimum atomic E-state index is -0.339. The lowest BCUT2D eigenvalue weighted by Gasteiger charge is -2.06. The number of hydrazone groups is 1. The molecule has 2 N–H and O–H groups in total. The van der Waals surface area contributed by atoms with E-state index < -0.39 is 0 Å². The molecule has 0 atom stereocenters. The van der Waals surface area contributed by atoms with Crippen molar-refractivity contribution in [3.63, 3.8) is 0 Å². The van der Waals surface area contributed by atoms with Gasteiger partial charge in [0.15, 0.2) is 0 Å². The standard InChI is InChI=1S/C23H20BrN3O3/c24-18-9-11-19(12-10-18)26-22(28)13-14-23(29)27-25-16-17-5-4-8-21(15-17)30-20-6-2-1-3-7-20/h1-12,15-16H,13-14H2,(H,26,28)(H,27,29)/b25-16-. The molecule has 0 aliphatic rings. The fourth-order valence-electron chi connectivity index (χ4n) is 2.50. The molecule has 0 unspecified atom stereocenters. The van der Waals surface area contributed by atoms with Crippen molar-refractivity contribution >= 4 is 39.6 Å². The lowest BCUT2D eigenvalue weighted by molar-refractivity contribution is -0.124. The first-order valence-electron chi connectivity index (χ1n) is 9.29. The molecule has 2 amide bonds. The van der Waals surface area contributed by atoms with E-state index in [1.54, 1.807) is 12.1 Å². The molecule has 30 heavy (non-hydrogen) atoms. The molecule has 0 spiro atoms. The van der Waals surface area contributed by atoms with E-state index in [1.165, 1.54) is 6.21 Å². The number of carbonyl (C=O) groups is 2. The second-order valence-electron chi connectivity index (χ2n) is 6.34. The summed E-state index contributed by atoms with van der Waals surface area (Å²) >= 11 is 3.33. The highest BCUT2D eigenvalue weighted by atomic mass is 79.9. The van der Waals surface area contributed by atoms with Crippen LogP contribution < -0.4 is 15.5 Å². The van der Waals surface area contributed by atoms with Gasteiger partial charge in [0.1, 0.15) is 11.5 Å². The number of para-hydroxylation sites is 1. The van der Waals surface area contributed by atoms with Crippen LogP contribution in [0.15, 0.2) is 88.4 Å². The van der Waals surface area contributed by atoms with Gasteiger partial charge in [-0.25, -0.2) is 5.43 Å². The van der Waals surface area contributed by atoms with Crippen molar-refractivity contribution in [2.24, 2.45) is 5.10 Å². The highest BCUT2D eigenvalue weighted by molar-refractivity contribution is 9.10. The van der Waals surface area contributed by atoms with Crippen LogP contribution in [-0.4, -0.2) is 18.0 Å². The normalized spacial score (nSPS) is 10.6. The van der Waals surface area contributed by atoms with E-state index in [2.05, 4.69) is 31.8 Å². The molecule has 6 nitrogen and oxygen atoms in total. The van der Waals surface area contributed by atoms with Gasteiger partial charge in [-0.2, -0.15) is 5.10 Å². The first-order valence-corrected chi connectivity index (χ1v) is 10.1. The van der Waals surface area contributed by atoms with E-state index in [4.69, 9.17) is 4.74 Å². The second kappa shape index (κ2) is 10.9. The van der Waals surface area contributed by atoms with E-state index in [0.717, 1.165) is 15.8 Å². The summed E-state index contributed by atoms with van der Waals surface area (Å²) in [6, 6.07) is 24.0. The van der Waals surface area contributed by atoms with Gasteiger partial charge < -0.3 is 10.1 Å². The van der Waals surface area contributed by atoms with E-state index in [0.29, 0.717) is 11.4 Å². The van der Waals surface area contributed by atoms with Gasteiger partial charge >= 0.3 is 0 Å². The summed E-state index contributed by atoms with van der Waals surface area (Å²) in [5, 5.41) is 6.68. The third-order valence-electron chi connectivity index (χ3n) is 3.95. The van der Waals surface area contributed by atoms with Crippen LogP contribution in [-0.2, 0) is 9.59 Å². The Balaban J connectivity index is 1.43. The first-order chi connectivity index (χ1) is 14.6. The Morgan fingerprint density at radius 1 is 0.867 bits per heavy atom. The zero-order valence-electron chi connectivity index (χ0n) is 16.0. The highest BCUT2D eigenvalue weighted by Crippen LogP contribution is 2.21. The quantitative estimate of drug-likeness (QED) is 0.358. The number of nitrogens with zero attached hydrogens (tertiary/aromatic N) is 1. The fraction of sp³-hybridized carbons (Fsp3) is 0.0870. The van der Waals surface area contributed by atoms with E-state index in [1.807, 2.05) is 66.7 Å². The third kappa shape index (κ3) is 7.18. The van der Waals surface area contributed by atoms with Crippen molar-refractivity contribution in [2.45, 2.75) is 12.8 Å². The van der Waals surface area contributed by atoms with Crippen molar-refractivity contribution in [1.29, 1.82) is 0 Å². The molecule has 0 radical (unpaired) electrons. The minimum Gasteiger partial charge on any atom is -0.457 e. The molecular formula is C23H20BrN3O3. The maximum Gasteiger partial charge on any atom is 0.240 e. The molecule has 0 fully saturated rings. The van der Waals surface area contributed by atoms with Crippen LogP contribution in [0.2, 0.25) is 0 Å². The predicted molar refractivity (Wildman–Crippen MR) is 121 cm³/mol. The first kappa shape index (κ1) is 21.3. The average molecular weight is 466 g/mol. The molecule has 0 aromatic heterocycles. The Morgan fingerprint density at radius 3 is 2.33 bits per heavy atom. The largest absolute Gasteiger partial charge is 0.457 e. The van der Waals surface area contributed by atoms with E-state index >= 15 is 0 Å². The van der Waals surface area contributed by atoms with Crippen molar-refractivity contribution in [2.75, 3.05) is 5.32 Å². The molecule has 152 valence electrons. The maximum absolute atomic E-state index is 11.9. The Morgan fingerprint density at radius 2 is 1.57 bits per heavy atom. The second-order valence-corrected chi connectivity index (χ2v) is 7.25. The molecule has 3 aromatic carbocycles.